The van der Waals surface area contributed by atoms with Crippen LogP contribution in [-0.4, -0.2) is 10.9 Å². The molecule has 0 radical (unpaired) electrons. The lowest BCUT2D eigenvalue weighted by atomic mass is 10.1. The van der Waals surface area contributed by atoms with Gasteiger partial charge in [0.05, 0.1) is 17.4 Å². The number of nitrogen functional groups attached to an aromatic ring is 1. The van der Waals surface area contributed by atoms with Gasteiger partial charge in [-0.3, -0.25) is 4.79 Å². The first-order chi connectivity index (χ1) is 8.56. The van der Waals surface area contributed by atoms with Crippen LogP contribution in [0.4, 0.5) is 11.4 Å². The molecule has 0 saturated carbocycles. The van der Waals surface area contributed by atoms with Crippen molar-refractivity contribution in [3.05, 3.63) is 52.3 Å². The Hall–Kier alpha value is -1.78. The summed E-state index contributed by atoms with van der Waals surface area (Å²) in [6, 6.07) is 7.93. The number of amides is 1. The first-order valence-corrected chi connectivity index (χ1v) is 5.80. The number of nitrogens with one attached hydrogen (secondary N) is 1. The molecule has 0 atom stereocenters. The molecule has 92 valence electrons. The Morgan fingerprint density at radius 3 is 2.61 bits per heavy atom. The van der Waals surface area contributed by atoms with E-state index in [1.54, 1.807) is 24.3 Å². The van der Waals surface area contributed by atoms with Crippen LogP contribution in [0.1, 0.15) is 10.4 Å². The van der Waals surface area contributed by atoms with Gasteiger partial charge >= 0.3 is 0 Å². The lowest BCUT2D eigenvalue weighted by Gasteiger charge is -2.07. The van der Waals surface area contributed by atoms with Gasteiger partial charge in [0.1, 0.15) is 5.15 Å². The van der Waals surface area contributed by atoms with Gasteiger partial charge in [0.15, 0.2) is 0 Å². The fourth-order valence-electron chi connectivity index (χ4n) is 1.39. The summed E-state index contributed by atoms with van der Waals surface area (Å²) < 4.78 is 0. The van der Waals surface area contributed by atoms with Crippen molar-refractivity contribution in [1.29, 1.82) is 0 Å². The topological polar surface area (TPSA) is 68.0 Å². The molecule has 1 aromatic heterocycles. The molecule has 0 fully saturated rings. The number of pyridine rings is 1. The van der Waals surface area contributed by atoms with Crippen LogP contribution in [0.15, 0.2) is 36.5 Å². The van der Waals surface area contributed by atoms with Crippen LogP contribution >= 0.6 is 23.2 Å². The van der Waals surface area contributed by atoms with Crippen molar-refractivity contribution in [3.63, 3.8) is 0 Å². The molecule has 6 heteroatoms. The highest BCUT2D eigenvalue weighted by Gasteiger charge is 2.10. The Morgan fingerprint density at radius 1 is 1.22 bits per heavy atom. The van der Waals surface area contributed by atoms with Gasteiger partial charge in [0, 0.05) is 10.7 Å². The van der Waals surface area contributed by atoms with E-state index in [0.717, 1.165) is 0 Å². The SMILES string of the molecule is Nc1cc(Cl)ccc1C(=O)Nc1ccc(Cl)nc1. The van der Waals surface area contributed by atoms with Crippen molar-refractivity contribution < 1.29 is 4.79 Å². The quantitative estimate of drug-likeness (QED) is 0.656. The molecule has 0 saturated heterocycles. The summed E-state index contributed by atoms with van der Waals surface area (Å²) in [5.41, 5.74) is 6.94. The second-order valence-corrected chi connectivity index (χ2v) is 4.38. The van der Waals surface area contributed by atoms with Crippen molar-refractivity contribution in [1.82, 2.24) is 4.98 Å². The minimum absolute atomic E-state index is 0.321. The second kappa shape index (κ2) is 5.25. The molecule has 0 bridgehead atoms. The number of halogens is 2. The van der Waals surface area contributed by atoms with E-state index in [2.05, 4.69) is 10.3 Å². The Labute approximate surface area is 114 Å². The zero-order chi connectivity index (χ0) is 13.1. The van der Waals surface area contributed by atoms with Crippen molar-refractivity contribution in [3.8, 4) is 0 Å². The highest BCUT2D eigenvalue weighted by Crippen LogP contribution is 2.19. The summed E-state index contributed by atoms with van der Waals surface area (Å²) in [5.74, 6) is -0.326. The number of nitrogens with zero attached hydrogens (tertiary/aromatic N) is 1. The number of hydrogen-bond acceptors (Lipinski definition) is 3. The molecule has 0 aliphatic carbocycles. The molecule has 0 aliphatic heterocycles. The van der Waals surface area contributed by atoms with E-state index in [0.29, 0.717) is 27.1 Å². The second-order valence-electron chi connectivity index (χ2n) is 3.56. The molecule has 4 nitrogen and oxygen atoms in total. The van der Waals surface area contributed by atoms with Crippen LogP contribution in [0, 0.1) is 0 Å². The smallest absolute Gasteiger partial charge is 0.257 e. The van der Waals surface area contributed by atoms with Crippen molar-refractivity contribution in [2.75, 3.05) is 11.1 Å². The van der Waals surface area contributed by atoms with Gasteiger partial charge in [-0.2, -0.15) is 0 Å². The molecule has 0 unspecified atom stereocenters. The zero-order valence-electron chi connectivity index (χ0n) is 9.15. The summed E-state index contributed by atoms with van der Waals surface area (Å²) >= 11 is 11.4. The number of aromatic nitrogens is 1. The number of carbonyl (C=O) groups is 1. The number of benzene rings is 1. The Morgan fingerprint density at radius 2 is 2.00 bits per heavy atom. The zero-order valence-corrected chi connectivity index (χ0v) is 10.7. The van der Waals surface area contributed by atoms with Crippen LogP contribution in [0.2, 0.25) is 10.2 Å². The van der Waals surface area contributed by atoms with Gasteiger partial charge in [-0.15, -0.1) is 0 Å². The third-order valence-corrected chi connectivity index (χ3v) is 2.70. The molecule has 0 aliphatic rings. The average molecular weight is 282 g/mol. The molecule has 1 aromatic carbocycles. The Kier molecular flexibility index (Phi) is 3.69. The van der Waals surface area contributed by atoms with Gasteiger partial charge in [0.2, 0.25) is 0 Å². The fourth-order valence-corrected chi connectivity index (χ4v) is 1.68. The third-order valence-electron chi connectivity index (χ3n) is 2.24. The molecule has 0 spiro atoms. The van der Waals surface area contributed by atoms with Crippen molar-refractivity contribution in [2.24, 2.45) is 0 Å². The summed E-state index contributed by atoms with van der Waals surface area (Å²) in [7, 11) is 0. The fraction of sp³-hybridized carbons (Fsp3) is 0. The van der Waals surface area contributed by atoms with Gasteiger partial charge in [-0.1, -0.05) is 23.2 Å². The van der Waals surface area contributed by atoms with Gasteiger partial charge in [-0.25, -0.2) is 4.98 Å². The maximum absolute atomic E-state index is 11.9. The number of anilines is 2. The van der Waals surface area contributed by atoms with Gasteiger partial charge < -0.3 is 11.1 Å². The summed E-state index contributed by atoms with van der Waals surface area (Å²) in [6.45, 7) is 0. The van der Waals surface area contributed by atoms with Gasteiger partial charge in [-0.05, 0) is 30.3 Å². The molecule has 2 rings (SSSR count). The standard InChI is InChI=1S/C12H9Cl2N3O/c13-7-1-3-9(10(15)5-7)12(18)17-8-2-4-11(14)16-6-8/h1-6H,15H2,(H,17,18). The number of hydrogen-bond donors (Lipinski definition) is 2. The number of carbonyl (C=O) groups excluding carboxylic acids is 1. The third kappa shape index (κ3) is 2.91. The van der Waals surface area contributed by atoms with E-state index < -0.39 is 0 Å². The van der Waals surface area contributed by atoms with Crippen molar-refractivity contribution in [2.45, 2.75) is 0 Å². The Balaban J connectivity index is 2.19. The molecule has 1 heterocycles. The minimum Gasteiger partial charge on any atom is -0.398 e. The monoisotopic (exact) mass is 281 g/mol. The van der Waals surface area contributed by atoms with Crippen LogP contribution in [0.3, 0.4) is 0 Å². The summed E-state index contributed by atoms with van der Waals surface area (Å²) in [4.78, 5) is 15.8. The van der Waals surface area contributed by atoms with E-state index in [9.17, 15) is 4.79 Å². The molecule has 1 amide bonds. The molecule has 18 heavy (non-hydrogen) atoms. The van der Waals surface area contributed by atoms with E-state index in [-0.39, 0.29) is 5.91 Å². The largest absolute Gasteiger partial charge is 0.398 e. The normalized spacial score (nSPS) is 10.1. The first-order valence-electron chi connectivity index (χ1n) is 5.04. The van der Waals surface area contributed by atoms with E-state index in [1.807, 2.05) is 0 Å². The molecule has 2 aromatic rings. The molecular weight excluding hydrogens is 273 g/mol. The van der Waals surface area contributed by atoms with E-state index >= 15 is 0 Å². The van der Waals surface area contributed by atoms with Crippen LogP contribution in [0.25, 0.3) is 0 Å². The molecular formula is C12H9Cl2N3O. The lowest BCUT2D eigenvalue weighted by molar-refractivity contribution is 0.102. The molecule has 3 N–H and O–H groups in total. The Bertz CT molecular complexity index is 584. The van der Waals surface area contributed by atoms with E-state index in [4.69, 9.17) is 28.9 Å². The number of nitrogens with two attached hydrogens (primary N) is 1. The highest BCUT2D eigenvalue weighted by atomic mass is 35.5. The lowest BCUT2D eigenvalue weighted by Crippen LogP contribution is -2.14. The summed E-state index contributed by atoms with van der Waals surface area (Å²) in [6.07, 6.45) is 1.46. The number of rotatable bonds is 2. The maximum Gasteiger partial charge on any atom is 0.257 e. The van der Waals surface area contributed by atoms with Crippen LogP contribution in [-0.2, 0) is 0 Å². The van der Waals surface area contributed by atoms with Gasteiger partial charge in [0.25, 0.3) is 5.91 Å². The van der Waals surface area contributed by atoms with Crippen LogP contribution < -0.4 is 11.1 Å². The maximum atomic E-state index is 11.9. The summed E-state index contributed by atoms with van der Waals surface area (Å²) in [5, 5.41) is 3.51. The van der Waals surface area contributed by atoms with E-state index in [1.165, 1.54) is 12.3 Å². The average Bonchev–Trinajstić information content (AvgIpc) is 2.32. The minimum atomic E-state index is -0.326. The van der Waals surface area contributed by atoms with Crippen molar-refractivity contribution >= 4 is 40.5 Å². The predicted molar refractivity (Wildman–Crippen MR) is 73.1 cm³/mol. The predicted octanol–water partition coefficient (Wildman–Crippen LogP) is 3.22. The first kappa shape index (κ1) is 12.7. The highest BCUT2D eigenvalue weighted by molar-refractivity contribution is 6.31. The van der Waals surface area contributed by atoms with Crippen LogP contribution in [0.5, 0.6) is 0 Å².